The summed E-state index contributed by atoms with van der Waals surface area (Å²) in [5.41, 5.74) is 1.23. The smallest absolute Gasteiger partial charge is 0.325 e. The first-order chi connectivity index (χ1) is 12.0. The van der Waals surface area contributed by atoms with Crippen LogP contribution in [0.4, 0.5) is 0 Å². The maximum Gasteiger partial charge on any atom is 0.325 e. The van der Waals surface area contributed by atoms with Gasteiger partial charge in [-0.1, -0.05) is 38.9 Å². The Hall–Kier alpha value is -1.96. The Morgan fingerprint density at radius 1 is 1.24 bits per heavy atom. The molecule has 1 amide bonds. The first-order valence-electron chi connectivity index (χ1n) is 7.18. The molecule has 0 N–H and O–H groups in total. The quantitative estimate of drug-likeness (QED) is 0.579. The molecule has 0 saturated heterocycles. The average molecular weight is 440 g/mol. The molecule has 0 radical (unpaired) electrons. The first-order valence-corrected chi connectivity index (χ1v) is 9.17. The molecule has 0 spiro atoms. The fourth-order valence-electron chi connectivity index (χ4n) is 2.22. The number of carbonyl (C=O) groups excluding carboxylic acids is 2. The molecule has 0 unspecified atom stereocenters. The lowest BCUT2D eigenvalue weighted by atomic mass is 10.2. The van der Waals surface area contributed by atoms with Crippen LogP contribution in [0.25, 0.3) is 10.2 Å². The van der Waals surface area contributed by atoms with Gasteiger partial charge in [-0.25, -0.2) is 0 Å². The van der Waals surface area contributed by atoms with Gasteiger partial charge in [0.05, 0.1) is 17.3 Å². The first kappa shape index (κ1) is 17.8. The van der Waals surface area contributed by atoms with Crippen molar-refractivity contribution < 1.29 is 14.3 Å². The summed E-state index contributed by atoms with van der Waals surface area (Å²) in [5.74, 6) is -0.816. The summed E-state index contributed by atoms with van der Waals surface area (Å²) in [6, 6.07) is 12.1. The molecule has 3 aromatic rings. The van der Waals surface area contributed by atoms with E-state index in [0.717, 1.165) is 14.7 Å². The zero-order chi connectivity index (χ0) is 18.0. The number of halogens is 2. The maximum absolute atomic E-state index is 12.4. The zero-order valence-electron chi connectivity index (χ0n) is 13.0. The van der Waals surface area contributed by atoms with Gasteiger partial charge in [-0.15, -0.1) is 0 Å². The largest absolute Gasteiger partial charge is 0.468 e. The van der Waals surface area contributed by atoms with E-state index in [1.54, 1.807) is 28.8 Å². The van der Waals surface area contributed by atoms with Gasteiger partial charge in [0, 0.05) is 15.1 Å². The summed E-state index contributed by atoms with van der Waals surface area (Å²) < 4.78 is 8.23. The second-order valence-electron chi connectivity index (χ2n) is 5.08. The molecule has 8 heteroatoms. The monoisotopic (exact) mass is 438 g/mol. The molecule has 0 atom stereocenters. The summed E-state index contributed by atoms with van der Waals surface area (Å²) >= 11 is 10.6. The number of carbonyl (C=O) groups is 2. The van der Waals surface area contributed by atoms with Crippen molar-refractivity contribution in [1.82, 2.24) is 4.57 Å². The van der Waals surface area contributed by atoms with E-state index < -0.39 is 11.9 Å². The molecule has 0 bridgehead atoms. The second kappa shape index (κ2) is 7.51. The van der Waals surface area contributed by atoms with Gasteiger partial charge in [-0.2, -0.15) is 4.99 Å². The van der Waals surface area contributed by atoms with E-state index in [1.165, 1.54) is 18.4 Å². The number of ether oxygens (including phenoxy) is 1. The standard InChI is InChI=1S/C17H12BrClN2O3S/c1-24-15(22)9-21-13-7-4-11(18)8-14(13)25-17(21)20-16(23)10-2-5-12(19)6-3-10/h2-8H,9H2,1H3. The number of hydrogen-bond acceptors (Lipinski definition) is 4. The number of thiazole rings is 1. The number of aromatic nitrogens is 1. The third kappa shape index (κ3) is 4.00. The van der Waals surface area contributed by atoms with Crippen molar-refractivity contribution in [2.45, 2.75) is 6.54 Å². The van der Waals surface area contributed by atoms with Gasteiger partial charge in [-0.05, 0) is 42.5 Å². The van der Waals surface area contributed by atoms with Crippen LogP contribution in [0.1, 0.15) is 10.4 Å². The summed E-state index contributed by atoms with van der Waals surface area (Å²) in [7, 11) is 1.32. The van der Waals surface area contributed by atoms with Crippen LogP contribution in [0.15, 0.2) is 51.9 Å². The summed E-state index contributed by atoms with van der Waals surface area (Å²) in [6.45, 7) is -0.0230. The van der Waals surface area contributed by atoms with Gasteiger partial charge in [0.1, 0.15) is 6.54 Å². The van der Waals surface area contributed by atoms with Crippen molar-refractivity contribution >= 4 is 61.0 Å². The van der Waals surface area contributed by atoms with E-state index in [4.69, 9.17) is 16.3 Å². The highest BCUT2D eigenvalue weighted by Crippen LogP contribution is 2.22. The van der Waals surface area contributed by atoms with Crippen LogP contribution in [-0.2, 0) is 16.1 Å². The third-order valence-corrected chi connectivity index (χ3v) is 5.23. The van der Waals surface area contributed by atoms with E-state index in [0.29, 0.717) is 15.4 Å². The van der Waals surface area contributed by atoms with Gasteiger partial charge >= 0.3 is 5.97 Å². The van der Waals surface area contributed by atoms with E-state index in [-0.39, 0.29) is 6.54 Å². The average Bonchev–Trinajstić information content (AvgIpc) is 2.91. The highest BCUT2D eigenvalue weighted by atomic mass is 79.9. The third-order valence-electron chi connectivity index (χ3n) is 3.45. The fraction of sp³-hybridized carbons (Fsp3) is 0.118. The van der Waals surface area contributed by atoms with Crippen LogP contribution in [0, 0.1) is 0 Å². The van der Waals surface area contributed by atoms with Crippen LogP contribution in [0.5, 0.6) is 0 Å². The van der Waals surface area contributed by atoms with Gasteiger partial charge in [0.15, 0.2) is 4.80 Å². The minimum atomic E-state index is -0.414. The summed E-state index contributed by atoms with van der Waals surface area (Å²) in [6.07, 6.45) is 0. The number of rotatable bonds is 3. The van der Waals surface area contributed by atoms with Crippen molar-refractivity contribution in [2.75, 3.05) is 7.11 Å². The Morgan fingerprint density at radius 2 is 1.96 bits per heavy atom. The minimum absolute atomic E-state index is 0.0230. The lowest BCUT2D eigenvalue weighted by molar-refractivity contribution is -0.141. The number of nitrogens with zero attached hydrogens (tertiary/aromatic N) is 2. The fourth-order valence-corrected chi connectivity index (χ4v) is 3.93. The Labute approximate surface area is 160 Å². The van der Waals surface area contributed by atoms with Crippen molar-refractivity contribution in [3.05, 3.63) is 62.3 Å². The molecule has 0 aliphatic carbocycles. The molecule has 5 nitrogen and oxygen atoms in total. The van der Waals surface area contributed by atoms with E-state index in [1.807, 2.05) is 18.2 Å². The Balaban J connectivity index is 2.13. The van der Waals surface area contributed by atoms with Crippen molar-refractivity contribution in [2.24, 2.45) is 4.99 Å². The minimum Gasteiger partial charge on any atom is -0.468 e. The molecule has 1 aromatic heterocycles. The second-order valence-corrected chi connectivity index (χ2v) is 7.44. The van der Waals surface area contributed by atoms with Crippen LogP contribution in [-0.4, -0.2) is 23.6 Å². The van der Waals surface area contributed by atoms with Gasteiger partial charge in [0.25, 0.3) is 5.91 Å². The molecule has 3 rings (SSSR count). The van der Waals surface area contributed by atoms with Crippen molar-refractivity contribution in [1.29, 1.82) is 0 Å². The van der Waals surface area contributed by atoms with Crippen molar-refractivity contribution in [3.8, 4) is 0 Å². The summed E-state index contributed by atoms with van der Waals surface area (Å²) in [5, 5.41) is 0.545. The lowest BCUT2D eigenvalue weighted by Crippen LogP contribution is -2.22. The number of methoxy groups -OCH3 is 1. The molecular weight excluding hydrogens is 428 g/mol. The normalized spacial score (nSPS) is 11.7. The van der Waals surface area contributed by atoms with Crippen LogP contribution < -0.4 is 4.80 Å². The highest BCUT2D eigenvalue weighted by molar-refractivity contribution is 9.10. The van der Waals surface area contributed by atoms with E-state index in [2.05, 4.69) is 20.9 Å². The Bertz CT molecular complexity index is 1020. The number of esters is 1. The van der Waals surface area contributed by atoms with E-state index in [9.17, 15) is 9.59 Å². The molecule has 0 aliphatic rings. The Kier molecular flexibility index (Phi) is 5.36. The van der Waals surface area contributed by atoms with Crippen LogP contribution >= 0.6 is 38.9 Å². The molecular formula is C17H12BrClN2O3S. The topological polar surface area (TPSA) is 60.7 Å². The molecule has 0 saturated carbocycles. The number of benzene rings is 2. The number of fused-ring (bicyclic) bond motifs is 1. The SMILES string of the molecule is COC(=O)Cn1c(=NC(=O)c2ccc(Cl)cc2)sc2cc(Br)ccc21. The number of hydrogen-bond donors (Lipinski definition) is 0. The van der Waals surface area contributed by atoms with Gasteiger partial charge in [-0.3, -0.25) is 9.59 Å². The van der Waals surface area contributed by atoms with Crippen LogP contribution in [0.2, 0.25) is 5.02 Å². The molecule has 0 aliphatic heterocycles. The molecule has 0 fully saturated rings. The molecule has 128 valence electrons. The van der Waals surface area contributed by atoms with Crippen molar-refractivity contribution in [3.63, 3.8) is 0 Å². The van der Waals surface area contributed by atoms with Gasteiger partial charge < -0.3 is 9.30 Å². The lowest BCUT2D eigenvalue weighted by Gasteiger charge is -2.03. The van der Waals surface area contributed by atoms with Gasteiger partial charge in [0.2, 0.25) is 0 Å². The van der Waals surface area contributed by atoms with Crippen LogP contribution in [0.3, 0.4) is 0 Å². The molecule has 2 aromatic carbocycles. The highest BCUT2D eigenvalue weighted by Gasteiger charge is 2.12. The summed E-state index contributed by atoms with van der Waals surface area (Å²) in [4.78, 5) is 28.8. The predicted molar refractivity (Wildman–Crippen MR) is 101 cm³/mol. The Morgan fingerprint density at radius 3 is 2.64 bits per heavy atom. The molecule has 1 heterocycles. The molecule has 25 heavy (non-hydrogen) atoms. The number of amides is 1. The predicted octanol–water partition coefficient (Wildman–Crippen LogP) is 4.03. The maximum atomic E-state index is 12.4. The van der Waals surface area contributed by atoms with E-state index >= 15 is 0 Å². The zero-order valence-corrected chi connectivity index (χ0v) is 16.2.